The number of likely N-dealkylation sites (N-methyl/N-ethyl adjacent to an activating group) is 2. The summed E-state index contributed by atoms with van der Waals surface area (Å²) in [6.07, 6.45) is 2.58. The summed E-state index contributed by atoms with van der Waals surface area (Å²) in [6.45, 7) is 8.43. The van der Waals surface area contributed by atoms with Crippen molar-refractivity contribution in [3.63, 3.8) is 0 Å². The van der Waals surface area contributed by atoms with Gasteiger partial charge in [-0.2, -0.15) is 0 Å². The highest BCUT2D eigenvalue weighted by molar-refractivity contribution is 5.79. The summed E-state index contributed by atoms with van der Waals surface area (Å²) in [6, 6.07) is 2.69. The second-order valence-corrected chi connectivity index (χ2v) is 5.99. The molecule has 0 aliphatic carbocycles. The Morgan fingerprint density at radius 2 is 2.08 bits per heavy atom. The lowest BCUT2D eigenvalue weighted by molar-refractivity contribution is -0.108. The summed E-state index contributed by atoms with van der Waals surface area (Å²) >= 11 is 0. The van der Waals surface area contributed by atoms with Crippen molar-refractivity contribution in [3.8, 4) is 0 Å². The maximum absolute atomic E-state index is 14.1. The van der Waals surface area contributed by atoms with E-state index < -0.39 is 5.82 Å². The van der Waals surface area contributed by atoms with Gasteiger partial charge >= 0.3 is 0 Å². The van der Waals surface area contributed by atoms with Crippen molar-refractivity contribution in [2.24, 2.45) is 0 Å². The van der Waals surface area contributed by atoms with Gasteiger partial charge in [-0.1, -0.05) is 6.58 Å². The SMILES string of the molecule is C=C(NC)C(CCC=O)N(C)C(C)c1cc(NCC)c(F)cc1C=O. The van der Waals surface area contributed by atoms with Crippen LogP contribution in [0.15, 0.2) is 24.4 Å². The fraction of sp³-hybridized carbons (Fsp3) is 0.474. The molecule has 1 rings (SSSR count). The van der Waals surface area contributed by atoms with Gasteiger partial charge in [0.1, 0.15) is 18.4 Å². The maximum Gasteiger partial charge on any atom is 0.150 e. The van der Waals surface area contributed by atoms with E-state index in [2.05, 4.69) is 17.2 Å². The van der Waals surface area contributed by atoms with Crippen LogP contribution in [0.5, 0.6) is 0 Å². The Hall–Kier alpha value is -2.21. The Morgan fingerprint density at radius 1 is 1.40 bits per heavy atom. The van der Waals surface area contributed by atoms with E-state index in [0.717, 1.165) is 17.5 Å². The first-order valence-electron chi connectivity index (χ1n) is 8.45. The van der Waals surface area contributed by atoms with E-state index in [1.165, 1.54) is 6.07 Å². The predicted molar refractivity (Wildman–Crippen MR) is 99.4 cm³/mol. The Morgan fingerprint density at radius 3 is 2.60 bits per heavy atom. The molecule has 0 saturated heterocycles. The van der Waals surface area contributed by atoms with Crippen molar-refractivity contribution < 1.29 is 14.0 Å². The molecule has 0 heterocycles. The van der Waals surface area contributed by atoms with Crippen LogP contribution in [0.3, 0.4) is 0 Å². The first kappa shape index (κ1) is 20.8. The Labute approximate surface area is 149 Å². The first-order valence-corrected chi connectivity index (χ1v) is 8.45. The monoisotopic (exact) mass is 349 g/mol. The molecule has 0 fully saturated rings. The highest BCUT2D eigenvalue weighted by Gasteiger charge is 2.25. The Bertz CT molecular complexity index is 619. The summed E-state index contributed by atoms with van der Waals surface area (Å²) in [5.41, 5.74) is 2.22. The van der Waals surface area contributed by atoms with Crippen molar-refractivity contribution in [3.05, 3.63) is 41.4 Å². The van der Waals surface area contributed by atoms with Crippen LogP contribution in [0, 0.1) is 5.82 Å². The Kier molecular flexibility index (Phi) is 8.28. The van der Waals surface area contributed by atoms with E-state index in [0.29, 0.717) is 36.9 Å². The third kappa shape index (κ3) is 5.13. The standard InChI is InChI=1S/C19H28FN3O2/c1-6-22-18-11-16(15(12-25)10-17(18)20)14(3)23(5)19(8-7-9-24)13(2)21-4/h9-12,14,19,21-22H,2,6-8H2,1,3-5H3. The van der Waals surface area contributed by atoms with Crippen molar-refractivity contribution in [1.29, 1.82) is 0 Å². The number of halogens is 1. The summed E-state index contributed by atoms with van der Waals surface area (Å²) in [5.74, 6) is -0.445. The minimum absolute atomic E-state index is 0.0858. The number of benzene rings is 1. The largest absolute Gasteiger partial charge is 0.391 e. The second-order valence-electron chi connectivity index (χ2n) is 5.99. The van der Waals surface area contributed by atoms with Crippen LogP contribution in [0.2, 0.25) is 0 Å². The lowest BCUT2D eigenvalue weighted by atomic mass is 9.97. The third-order valence-electron chi connectivity index (χ3n) is 4.50. The van der Waals surface area contributed by atoms with E-state index in [1.54, 1.807) is 13.1 Å². The van der Waals surface area contributed by atoms with Crippen LogP contribution >= 0.6 is 0 Å². The molecule has 2 N–H and O–H groups in total. The zero-order valence-corrected chi connectivity index (χ0v) is 15.4. The number of aldehydes is 2. The van der Waals surface area contributed by atoms with E-state index in [-0.39, 0.29) is 12.1 Å². The molecule has 0 spiro atoms. The quantitative estimate of drug-likeness (QED) is 0.601. The number of nitrogens with one attached hydrogen (secondary N) is 2. The number of rotatable bonds is 11. The van der Waals surface area contributed by atoms with Gasteiger partial charge in [-0.05, 0) is 45.0 Å². The van der Waals surface area contributed by atoms with Crippen LogP contribution in [0.1, 0.15) is 48.7 Å². The Balaban J connectivity index is 3.23. The third-order valence-corrected chi connectivity index (χ3v) is 4.50. The molecular formula is C19H28FN3O2. The summed E-state index contributed by atoms with van der Waals surface area (Å²) in [5, 5.41) is 6.01. The summed E-state index contributed by atoms with van der Waals surface area (Å²) in [7, 11) is 3.69. The molecule has 0 aromatic heterocycles. The molecule has 0 aliphatic heterocycles. The fourth-order valence-electron chi connectivity index (χ4n) is 2.90. The topological polar surface area (TPSA) is 61.4 Å². The molecule has 138 valence electrons. The van der Waals surface area contributed by atoms with Crippen molar-refractivity contribution >= 4 is 18.3 Å². The van der Waals surface area contributed by atoms with Crippen LogP contribution in [-0.2, 0) is 4.79 Å². The van der Waals surface area contributed by atoms with Gasteiger partial charge in [0, 0.05) is 43.4 Å². The number of hydrogen-bond acceptors (Lipinski definition) is 5. The van der Waals surface area contributed by atoms with Crippen LogP contribution in [0.4, 0.5) is 10.1 Å². The van der Waals surface area contributed by atoms with Gasteiger partial charge in [-0.15, -0.1) is 0 Å². The molecule has 0 aliphatic rings. The van der Waals surface area contributed by atoms with E-state index in [4.69, 9.17) is 0 Å². The minimum Gasteiger partial charge on any atom is -0.391 e. The number of nitrogens with zero attached hydrogens (tertiary/aromatic N) is 1. The summed E-state index contributed by atoms with van der Waals surface area (Å²) in [4.78, 5) is 24.2. The molecule has 0 saturated carbocycles. The van der Waals surface area contributed by atoms with Gasteiger partial charge < -0.3 is 15.4 Å². The lowest BCUT2D eigenvalue weighted by Gasteiger charge is -2.35. The van der Waals surface area contributed by atoms with Gasteiger partial charge in [0.25, 0.3) is 0 Å². The van der Waals surface area contributed by atoms with Gasteiger partial charge in [0.15, 0.2) is 0 Å². The second kappa shape index (κ2) is 9.93. The molecule has 0 radical (unpaired) electrons. The van der Waals surface area contributed by atoms with Gasteiger partial charge in [-0.3, -0.25) is 9.69 Å². The molecule has 0 bridgehead atoms. The fourth-order valence-corrected chi connectivity index (χ4v) is 2.90. The molecule has 1 aromatic rings. The normalized spacial score (nSPS) is 13.2. The zero-order valence-electron chi connectivity index (χ0n) is 15.4. The van der Waals surface area contributed by atoms with Crippen LogP contribution in [-0.4, -0.2) is 44.2 Å². The van der Waals surface area contributed by atoms with E-state index >= 15 is 0 Å². The molecule has 2 unspecified atom stereocenters. The molecule has 6 heteroatoms. The number of anilines is 1. The van der Waals surface area contributed by atoms with Crippen LogP contribution in [0.25, 0.3) is 0 Å². The molecule has 0 amide bonds. The molecular weight excluding hydrogens is 321 g/mol. The number of hydrogen-bond donors (Lipinski definition) is 2. The zero-order chi connectivity index (χ0) is 19.0. The average molecular weight is 349 g/mol. The van der Waals surface area contributed by atoms with Crippen LogP contribution < -0.4 is 10.6 Å². The maximum atomic E-state index is 14.1. The highest BCUT2D eigenvalue weighted by Crippen LogP contribution is 2.30. The summed E-state index contributed by atoms with van der Waals surface area (Å²) < 4.78 is 14.1. The van der Waals surface area contributed by atoms with Crippen molar-refractivity contribution in [2.45, 2.75) is 38.8 Å². The molecule has 25 heavy (non-hydrogen) atoms. The first-order chi connectivity index (χ1) is 11.9. The van der Waals surface area contributed by atoms with Gasteiger partial charge in [0.05, 0.1) is 5.69 Å². The smallest absolute Gasteiger partial charge is 0.150 e. The minimum atomic E-state index is -0.445. The van der Waals surface area contributed by atoms with Crippen molar-refractivity contribution in [1.82, 2.24) is 10.2 Å². The number of carbonyl (C=O) groups excluding carboxylic acids is 2. The molecule has 5 nitrogen and oxygen atoms in total. The van der Waals surface area contributed by atoms with Gasteiger partial charge in [-0.25, -0.2) is 4.39 Å². The van der Waals surface area contributed by atoms with Crippen molar-refractivity contribution in [2.75, 3.05) is 26.0 Å². The molecule has 1 aromatic carbocycles. The number of carbonyl (C=O) groups is 2. The predicted octanol–water partition coefficient (Wildman–Crippen LogP) is 3.14. The van der Waals surface area contributed by atoms with E-state index in [9.17, 15) is 14.0 Å². The lowest BCUT2D eigenvalue weighted by Crippen LogP contribution is -2.39. The highest BCUT2D eigenvalue weighted by atomic mass is 19.1. The van der Waals surface area contributed by atoms with E-state index in [1.807, 2.05) is 25.8 Å². The molecule has 2 atom stereocenters. The van der Waals surface area contributed by atoms with Gasteiger partial charge in [0.2, 0.25) is 0 Å². The average Bonchev–Trinajstić information content (AvgIpc) is 2.62.